The Bertz CT molecular complexity index is 760. The molecule has 0 aliphatic heterocycles. The molecule has 0 amide bonds. The summed E-state index contributed by atoms with van der Waals surface area (Å²) in [4.78, 5) is 24.5. The van der Waals surface area contributed by atoms with Gasteiger partial charge in [-0.15, -0.1) is 0 Å². The van der Waals surface area contributed by atoms with E-state index in [1.807, 2.05) is 0 Å². The summed E-state index contributed by atoms with van der Waals surface area (Å²) in [6, 6.07) is 0.184. The zero-order valence-corrected chi connectivity index (χ0v) is 13.9. The molecule has 0 atom stereocenters. The molecule has 0 unspecified atom stereocenters. The van der Waals surface area contributed by atoms with E-state index in [1.54, 1.807) is 0 Å². The van der Waals surface area contributed by atoms with Crippen molar-refractivity contribution in [3.05, 3.63) is 46.7 Å². The molecule has 0 aromatic heterocycles. The van der Waals surface area contributed by atoms with Gasteiger partial charge in [0.2, 0.25) is 5.78 Å². The maximum atomic E-state index is 13.9. The van der Waals surface area contributed by atoms with Crippen molar-refractivity contribution in [2.45, 2.75) is 31.7 Å². The first kappa shape index (κ1) is 19.9. The van der Waals surface area contributed by atoms with Crippen LogP contribution in [0.25, 0.3) is 0 Å². The van der Waals surface area contributed by atoms with Crippen molar-refractivity contribution in [3.63, 3.8) is 0 Å². The number of hydrogen-bond acceptors (Lipinski definition) is 5. The van der Waals surface area contributed by atoms with Crippen molar-refractivity contribution in [2.75, 3.05) is 13.2 Å². The van der Waals surface area contributed by atoms with Gasteiger partial charge in [-0.2, -0.15) is 0 Å². The van der Waals surface area contributed by atoms with E-state index in [-0.39, 0.29) is 19.3 Å². The summed E-state index contributed by atoms with van der Waals surface area (Å²) in [6.07, 6.45) is 2.66. The number of esters is 1. The zero-order valence-electron chi connectivity index (χ0n) is 13.9. The number of aliphatic hydroxyl groups is 1. The zero-order chi connectivity index (χ0) is 19.5. The molecule has 1 aromatic rings. The molecule has 1 aromatic carbocycles. The molecule has 1 aliphatic carbocycles. The number of halogens is 4. The summed E-state index contributed by atoms with van der Waals surface area (Å²) in [7, 11) is 0. The highest BCUT2D eigenvalue weighted by molar-refractivity contribution is 6.24. The maximum absolute atomic E-state index is 13.9. The lowest BCUT2D eigenvalue weighted by molar-refractivity contribution is -0.138. The Labute approximate surface area is 146 Å². The lowest BCUT2D eigenvalue weighted by Crippen LogP contribution is -2.30. The summed E-state index contributed by atoms with van der Waals surface area (Å²) in [5.41, 5.74) is -2.33. The van der Waals surface area contributed by atoms with Crippen LogP contribution >= 0.6 is 0 Å². The predicted molar refractivity (Wildman–Crippen MR) is 82.1 cm³/mol. The number of carbonyl (C=O) groups excluding carboxylic acids is 2. The van der Waals surface area contributed by atoms with E-state index in [1.165, 1.54) is 6.92 Å². The summed E-state index contributed by atoms with van der Waals surface area (Å²) in [5.74, 6) is -10.4. The average molecular weight is 375 g/mol. The van der Waals surface area contributed by atoms with Gasteiger partial charge in [-0.1, -0.05) is 0 Å². The first-order chi connectivity index (χ1) is 12.3. The number of nitrogens with one attached hydrogen (secondary N) is 1. The highest BCUT2D eigenvalue weighted by Crippen LogP contribution is 2.38. The molecule has 9 heteroatoms. The number of hydrogen-bond donors (Lipinski definition) is 2. The van der Waals surface area contributed by atoms with E-state index in [0.29, 0.717) is 19.3 Å². The van der Waals surface area contributed by atoms with E-state index >= 15 is 0 Å². The second-order valence-corrected chi connectivity index (χ2v) is 5.85. The minimum atomic E-state index is -2.15. The van der Waals surface area contributed by atoms with Crippen LogP contribution < -0.4 is 5.32 Å². The molecular formula is C17H17F4NO4. The van der Waals surface area contributed by atoms with Crippen LogP contribution in [-0.2, 0) is 9.53 Å². The Hall–Kier alpha value is -2.42. The van der Waals surface area contributed by atoms with Gasteiger partial charge in [0, 0.05) is 18.3 Å². The third kappa shape index (κ3) is 4.04. The Kier molecular flexibility index (Phi) is 6.01. The van der Waals surface area contributed by atoms with E-state index in [4.69, 9.17) is 9.84 Å². The van der Waals surface area contributed by atoms with Gasteiger partial charge in [-0.05, 0) is 32.3 Å². The number of aliphatic hydroxyl groups excluding tert-OH is 1. The molecule has 0 radical (unpaired) electrons. The van der Waals surface area contributed by atoms with Gasteiger partial charge in [-0.25, -0.2) is 22.4 Å². The third-order valence-electron chi connectivity index (χ3n) is 4.05. The second-order valence-electron chi connectivity index (χ2n) is 5.85. The van der Waals surface area contributed by atoms with Gasteiger partial charge < -0.3 is 15.2 Å². The van der Waals surface area contributed by atoms with Crippen LogP contribution in [0.4, 0.5) is 17.6 Å². The normalized spacial score (nSPS) is 15.5. The van der Waals surface area contributed by atoms with Crippen molar-refractivity contribution in [1.29, 1.82) is 0 Å². The number of rotatable bonds is 8. The van der Waals surface area contributed by atoms with Crippen molar-refractivity contribution < 1.29 is 37.0 Å². The Morgan fingerprint density at radius 1 is 1.23 bits per heavy atom. The average Bonchev–Trinajstić information content (AvgIpc) is 3.36. The van der Waals surface area contributed by atoms with Gasteiger partial charge in [0.15, 0.2) is 23.3 Å². The quantitative estimate of drug-likeness (QED) is 0.107. The second kappa shape index (κ2) is 7.86. The van der Waals surface area contributed by atoms with Crippen LogP contribution in [-0.4, -0.2) is 35.6 Å². The van der Waals surface area contributed by atoms with Crippen molar-refractivity contribution in [3.8, 4) is 0 Å². The highest BCUT2D eigenvalue weighted by Gasteiger charge is 2.41. The number of carbonyl (C=O) groups is 2. The summed E-state index contributed by atoms with van der Waals surface area (Å²) < 4.78 is 58.4. The molecule has 2 N–H and O–H groups in total. The van der Waals surface area contributed by atoms with Gasteiger partial charge in [-0.3, -0.25) is 4.79 Å². The van der Waals surface area contributed by atoms with E-state index < -0.39 is 51.7 Å². The summed E-state index contributed by atoms with van der Waals surface area (Å²) >= 11 is 0. The smallest absolute Gasteiger partial charge is 0.343 e. The van der Waals surface area contributed by atoms with Crippen molar-refractivity contribution in [2.24, 2.45) is 0 Å². The largest absolute Gasteiger partial charge is 0.462 e. The summed E-state index contributed by atoms with van der Waals surface area (Å²) in [5, 5.41) is 11.8. The standard InChI is InChI=1S/C17H17F4NO4/c1-2-26-16(25)10(8-22-17(3-4-17)5-6-23)15(24)9-7-11(18)13(20)14(21)12(9)19/h7-8,22-23H,2-6H2,1H3. The molecule has 1 aliphatic rings. The Morgan fingerprint density at radius 2 is 1.88 bits per heavy atom. The molecular weight excluding hydrogens is 358 g/mol. The lowest BCUT2D eigenvalue weighted by atomic mass is 10.0. The molecule has 5 nitrogen and oxygen atoms in total. The van der Waals surface area contributed by atoms with E-state index in [9.17, 15) is 27.2 Å². The monoisotopic (exact) mass is 375 g/mol. The SMILES string of the molecule is CCOC(=O)C(=CNC1(CCO)CC1)C(=O)c1cc(F)c(F)c(F)c1F. The van der Waals surface area contributed by atoms with Crippen LogP contribution in [0.3, 0.4) is 0 Å². The number of ether oxygens (including phenoxy) is 1. The fourth-order valence-electron chi connectivity index (χ4n) is 2.37. The molecule has 1 saturated carbocycles. The predicted octanol–water partition coefficient (Wildman–Crippen LogP) is 2.38. The van der Waals surface area contributed by atoms with E-state index in [0.717, 1.165) is 6.20 Å². The minimum Gasteiger partial charge on any atom is -0.462 e. The molecule has 0 saturated heterocycles. The Morgan fingerprint density at radius 3 is 2.42 bits per heavy atom. The fourth-order valence-corrected chi connectivity index (χ4v) is 2.37. The molecule has 1 fully saturated rings. The topological polar surface area (TPSA) is 75.6 Å². The van der Waals surface area contributed by atoms with Crippen LogP contribution in [0.1, 0.15) is 36.5 Å². The highest BCUT2D eigenvalue weighted by atomic mass is 19.2. The molecule has 0 heterocycles. The molecule has 142 valence electrons. The van der Waals surface area contributed by atoms with Crippen molar-refractivity contribution >= 4 is 11.8 Å². The molecule has 2 rings (SSSR count). The van der Waals surface area contributed by atoms with Crippen LogP contribution in [0.2, 0.25) is 0 Å². The van der Waals surface area contributed by atoms with Crippen molar-refractivity contribution in [1.82, 2.24) is 5.32 Å². The van der Waals surface area contributed by atoms with Gasteiger partial charge in [0.1, 0.15) is 5.57 Å². The van der Waals surface area contributed by atoms with Gasteiger partial charge in [0.05, 0.1) is 12.2 Å². The van der Waals surface area contributed by atoms with Crippen LogP contribution in [0.15, 0.2) is 17.8 Å². The first-order valence-corrected chi connectivity index (χ1v) is 7.90. The fraction of sp³-hybridized carbons (Fsp3) is 0.412. The van der Waals surface area contributed by atoms with Crippen LogP contribution in [0, 0.1) is 23.3 Å². The third-order valence-corrected chi connectivity index (χ3v) is 4.05. The van der Waals surface area contributed by atoms with E-state index in [2.05, 4.69) is 5.32 Å². The molecule has 0 bridgehead atoms. The summed E-state index contributed by atoms with van der Waals surface area (Å²) in [6.45, 7) is 1.24. The minimum absolute atomic E-state index is 0.0974. The number of ketones is 1. The van der Waals surface area contributed by atoms with Crippen LogP contribution in [0.5, 0.6) is 0 Å². The number of Topliss-reactive ketones (excluding diaryl/α,β-unsaturated/α-hetero) is 1. The molecule has 0 spiro atoms. The molecule has 26 heavy (non-hydrogen) atoms. The van der Waals surface area contributed by atoms with Gasteiger partial charge in [0.25, 0.3) is 0 Å². The lowest BCUT2D eigenvalue weighted by Gasteiger charge is -2.15. The van der Waals surface area contributed by atoms with Gasteiger partial charge >= 0.3 is 5.97 Å². The first-order valence-electron chi connectivity index (χ1n) is 7.90. The number of benzene rings is 1. The maximum Gasteiger partial charge on any atom is 0.343 e. The Balaban J connectivity index is 2.40.